The molecule has 144 valence electrons. The number of hydrogen-bond acceptors (Lipinski definition) is 6. The molecule has 1 saturated heterocycles. The van der Waals surface area contributed by atoms with E-state index >= 15 is 0 Å². The molecule has 0 saturated carbocycles. The van der Waals surface area contributed by atoms with Gasteiger partial charge in [0.1, 0.15) is 11.9 Å². The van der Waals surface area contributed by atoms with Gasteiger partial charge in [0.05, 0.1) is 24.8 Å². The summed E-state index contributed by atoms with van der Waals surface area (Å²) in [7, 11) is 0. The molecule has 0 aliphatic carbocycles. The second-order valence-electron chi connectivity index (χ2n) is 5.98. The Balaban J connectivity index is 1.63. The molecule has 1 aliphatic heterocycles. The van der Waals surface area contributed by atoms with Gasteiger partial charge in [0.15, 0.2) is 5.76 Å². The van der Waals surface area contributed by atoms with E-state index in [0.717, 1.165) is 0 Å². The van der Waals surface area contributed by atoms with E-state index in [2.05, 4.69) is 5.32 Å². The molecule has 1 aromatic carbocycles. The highest BCUT2D eigenvalue weighted by atomic mass is 16.6. The van der Waals surface area contributed by atoms with E-state index in [9.17, 15) is 9.59 Å². The fourth-order valence-corrected chi connectivity index (χ4v) is 2.75. The minimum atomic E-state index is -1.00. The molecule has 2 N–H and O–H groups in total. The van der Waals surface area contributed by atoms with Crippen molar-refractivity contribution in [2.24, 2.45) is 0 Å². The molecule has 0 spiro atoms. The van der Waals surface area contributed by atoms with Gasteiger partial charge in [-0.1, -0.05) is 0 Å². The molecule has 8 heteroatoms. The summed E-state index contributed by atoms with van der Waals surface area (Å²) in [6.07, 6.45) is 0.183. The van der Waals surface area contributed by atoms with Crippen molar-refractivity contribution in [1.29, 1.82) is 0 Å². The second-order valence-corrected chi connectivity index (χ2v) is 5.98. The topological polar surface area (TPSA) is 107 Å². The number of benzene rings is 1. The van der Waals surface area contributed by atoms with Gasteiger partial charge in [-0.25, -0.2) is 4.79 Å². The molecule has 0 radical (unpaired) electrons. The van der Waals surface area contributed by atoms with Crippen LogP contribution >= 0.6 is 0 Å². The molecule has 1 amide bonds. The van der Waals surface area contributed by atoms with Crippen LogP contribution < -0.4 is 14.8 Å². The van der Waals surface area contributed by atoms with Gasteiger partial charge in [0, 0.05) is 12.7 Å². The first-order valence-corrected chi connectivity index (χ1v) is 8.68. The van der Waals surface area contributed by atoms with Gasteiger partial charge < -0.3 is 29.1 Å². The van der Waals surface area contributed by atoms with Gasteiger partial charge >= 0.3 is 5.97 Å². The summed E-state index contributed by atoms with van der Waals surface area (Å²) < 4.78 is 21.9. The first kappa shape index (κ1) is 18.8. The van der Waals surface area contributed by atoms with Crippen LogP contribution in [0, 0.1) is 0 Å². The quantitative estimate of drug-likeness (QED) is 0.765. The number of carboxylic acids is 1. The third-order valence-electron chi connectivity index (χ3n) is 4.10. The predicted octanol–water partition coefficient (Wildman–Crippen LogP) is 2.34. The smallest absolute Gasteiger partial charge is 0.335 e. The molecule has 0 bridgehead atoms. The minimum absolute atomic E-state index is 0.162. The summed E-state index contributed by atoms with van der Waals surface area (Å²) in [6, 6.07) is 8.97. The molecule has 1 aliphatic rings. The Bertz CT molecular complexity index is 784. The maximum absolute atomic E-state index is 12.4. The lowest BCUT2D eigenvalue weighted by Gasteiger charge is -2.32. The standard InChI is InChI=1S/C19H21NO7/c1-2-25-17-8-7-15(27-17)18(21)20-14-9-10-24-11-16(14)26-13-5-3-12(4-6-13)19(22)23/h3-8,14,16H,2,9-11H2,1H3,(H,20,21)(H,22,23)/t14-,16-/m1/s1. The van der Waals surface area contributed by atoms with E-state index in [0.29, 0.717) is 37.9 Å². The number of amides is 1. The lowest BCUT2D eigenvalue weighted by molar-refractivity contribution is -0.0137. The van der Waals surface area contributed by atoms with E-state index in [1.54, 1.807) is 24.3 Å². The Kier molecular flexibility index (Phi) is 5.97. The van der Waals surface area contributed by atoms with Crippen LogP contribution in [0.5, 0.6) is 11.7 Å². The van der Waals surface area contributed by atoms with E-state index in [4.69, 9.17) is 23.7 Å². The van der Waals surface area contributed by atoms with Crippen LogP contribution in [0.25, 0.3) is 0 Å². The highest BCUT2D eigenvalue weighted by Gasteiger charge is 2.30. The van der Waals surface area contributed by atoms with E-state index in [1.807, 2.05) is 6.92 Å². The molecule has 27 heavy (non-hydrogen) atoms. The molecule has 2 atom stereocenters. The fraction of sp³-hybridized carbons (Fsp3) is 0.368. The molecule has 0 unspecified atom stereocenters. The molecule has 3 rings (SSSR count). The fourth-order valence-electron chi connectivity index (χ4n) is 2.75. The van der Waals surface area contributed by atoms with Crippen LogP contribution in [0.4, 0.5) is 0 Å². The summed E-state index contributed by atoms with van der Waals surface area (Å²) in [5, 5.41) is 11.9. The Hall–Kier alpha value is -3.00. The summed E-state index contributed by atoms with van der Waals surface area (Å²) in [5.74, 6) is -0.401. The highest BCUT2D eigenvalue weighted by molar-refractivity contribution is 5.91. The first-order chi connectivity index (χ1) is 13.1. The Labute approximate surface area is 156 Å². The van der Waals surface area contributed by atoms with Gasteiger partial charge in [-0.3, -0.25) is 4.79 Å². The number of rotatable bonds is 7. The van der Waals surface area contributed by atoms with Crippen molar-refractivity contribution in [3.8, 4) is 11.7 Å². The third-order valence-corrected chi connectivity index (χ3v) is 4.10. The predicted molar refractivity (Wildman–Crippen MR) is 94.4 cm³/mol. The summed E-state index contributed by atoms with van der Waals surface area (Å²) >= 11 is 0. The first-order valence-electron chi connectivity index (χ1n) is 8.68. The van der Waals surface area contributed by atoms with Crippen molar-refractivity contribution >= 4 is 11.9 Å². The average molecular weight is 375 g/mol. The monoisotopic (exact) mass is 375 g/mol. The molecular weight excluding hydrogens is 354 g/mol. The van der Waals surface area contributed by atoms with Crippen LogP contribution in [0.15, 0.2) is 40.8 Å². The van der Waals surface area contributed by atoms with Crippen molar-refractivity contribution < 1.29 is 33.3 Å². The summed E-state index contributed by atoms with van der Waals surface area (Å²) in [6.45, 7) is 3.10. The zero-order valence-corrected chi connectivity index (χ0v) is 14.8. The van der Waals surface area contributed by atoms with Crippen molar-refractivity contribution in [3.05, 3.63) is 47.7 Å². The zero-order valence-electron chi connectivity index (χ0n) is 14.8. The van der Waals surface area contributed by atoms with Crippen LogP contribution in [0.2, 0.25) is 0 Å². The molecule has 1 aromatic heterocycles. The second kappa shape index (κ2) is 8.59. The number of carboxylic acid groups (broad SMARTS) is 1. The molecular formula is C19H21NO7. The highest BCUT2D eigenvalue weighted by Crippen LogP contribution is 2.20. The number of nitrogens with one attached hydrogen (secondary N) is 1. The maximum Gasteiger partial charge on any atom is 0.335 e. The van der Waals surface area contributed by atoms with Gasteiger partial charge in [-0.2, -0.15) is 0 Å². The van der Waals surface area contributed by atoms with Crippen molar-refractivity contribution in [3.63, 3.8) is 0 Å². The van der Waals surface area contributed by atoms with Crippen LogP contribution in [0.1, 0.15) is 34.3 Å². The maximum atomic E-state index is 12.4. The molecule has 2 aromatic rings. The SMILES string of the molecule is CCOc1ccc(C(=O)N[C@@H]2CCOC[C@H]2Oc2ccc(C(=O)O)cc2)o1. The number of hydrogen-bond donors (Lipinski definition) is 2. The van der Waals surface area contributed by atoms with E-state index in [-0.39, 0.29) is 23.3 Å². The normalized spacial score (nSPS) is 19.3. The van der Waals surface area contributed by atoms with Crippen molar-refractivity contribution in [1.82, 2.24) is 5.32 Å². The van der Waals surface area contributed by atoms with Crippen LogP contribution in [0.3, 0.4) is 0 Å². The Morgan fingerprint density at radius 2 is 2.00 bits per heavy atom. The lowest BCUT2D eigenvalue weighted by atomic mass is 10.1. The van der Waals surface area contributed by atoms with Gasteiger partial charge in [-0.15, -0.1) is 0 Å². The average Bonchev–Trinajstić information content (AvgIpc) is 3.13. The van der Waals surface area contributed by atoms with E-state index < -0.39 is 12.1 Å². The number of aromatic carboxylic acids is 1. The minimum Gasteiger partial charge on any atom is -0.486 e. The van der Waals surface area contributed by atoms with Crippen molar-refractivity contribution in [2.45, 2.75) is 25.5 Å². The Morgan fingerprint density at radius 3 is 2.70 bits per heavy atom. The molecule has 8 nitrogen and oxygen atoms in total. The van der Waals surface area contributed by atoms with Crippen molar-refractivity contribution in [2.75, 3.05) is 19.8 Å². The number of ether oxygens (including phenoxy) is 3. The third kappa shape index (κ3) is 4.79. The molecule has 1 fully saturated rings. The summed E-state index contributed by atoms with van der Waals surface area (Å²) in [5.41, 5.74) is 0.176. The zero-order chi connectivity index (χ0) is 19.2. The lowest BCUT2D eigenvalue weighted by Crippen LogP contribution is -2.51. The largest absolute Gasteiger partial charge is 0.486 e. The molecule has 2 heterocycles. The van der Waals surface area contributed by atoms with Gasteiger partial charge in [0.2, 0.25) is 0 Å². The Morgan fingerprint density at radius 1 is 1.22 bits per heavy atom. The summed E-state index contributed by atoms with van der Waals surface area (Å²) in [4.78, 5) is 23.4. The van der Waals surface area contributed by atoms with Crippen LogP contribution in [-0.4, -0.2) is 48.9 Å². The van der Waals surface area contributed by atoms with Gasteiger partial charge in [0.25, 0.3) is 11.9 Å². The van der Waals surface area contributed by atoms with E-state index in [1.165, 1.54) is 12.1 Å². The number of carbonyl (C=O) groups excluding carboxylic acids is 1. The number of furan rings is 1. The van der Waals surface area contributed by atoms with Crippen LogP contribution in [-0.2, 0) is 4.74 Å². The van der Waals surface area contributed by atoms with Gasteiger partial charge in [-0.05, 0) is 43.7 Å². The number of carbonyl (C=O) groups is 2.